The molecule has 0 N–H and O–H groups in total. The largest absolute Gasteiger partial charge is 0.349 e. The zero-order valence-corrected chi connectivity index (χ0v) is 12.2. The second-order valence-electron chi connectivity index (χ2n) is 5.30. The Hall–Kier alpha value is -2.17. The van der Waals surface area contributed by atoms with Crippen molar-refractivity contribution in [2.24, 2.45) is 0 Å². The van der Waals surface area contributed by atoms with Gasteiger partial charge in [0, 0.05) is 27.1 Å². The van der Waals surface area contributed by atoms with Crippen molar-refractivity contribution in [1.29, 1.82) is 0 Å². The van der Waals surface area contributed by atoms with Gasteiger partial charge in [-0.15, -0.1) is 0 Å². The number of carbonyl (C=O) groups is 3. The van der Waals surface area contributed by atoms with Crippen molar-refractivity contribution in [3.63, 3.8) is 0 Å². The molecule has 0 atom stereocenters. The SMILES string of the molecule is Cc1cc(C)c2c(c1)N(CCC(=O)N(C)C)C(=O)C2=O. The third kappa shape index (κ3) is 2.31. The number of hydrogen-bond acceptors (Lipinski definition) is 3. The normalized spacial score (nSPS) is 13.7. The molecule has 0 unspecified atom stereocenters. The predicted molar refractivity (Wildman–Crippen MR) is 75.9 cm³/mol. The van der Waals surface area contributed by atoms with E-state index in [1.165, 1.54) is 9.80 Å². The number of hydrogen-bond donors (Lipinski definition) is 0. The number of ketones is 1. The van der Waals surface area contributed by atoms with E-state index < -0.39 is 11.7 Å². The van der Waals surface area contributed by atoms with E-state index in [2.05, 4.69) is 0 Å². The van der Waals surface area contributed by atoms with Crippen LogP contribution in [0.5, 0.6) is 0 Å². The summed E-state index contributed by atoms with van der Waals surface area (Å²) in [6, 6.07) is 3.71. The molecule has 0 saturated carbocycles. The summed E-state index contributed by atoms with van der Waals surface area (Å²) in [7, 11) is 3.34. The first kappa shape index (κ1) is 14.2. The van der Waals surface area contributed by atoms with E-state index >= 15 is 0 Å². The third-order valence-corrected chi connectivity index (χ3v) is 3.46. The van der Waals surface area contributed by atoms with Gasteiger partial charge < -0.3 is 9.80 Å². The number of Topliss-reactive ketones (excluding diaryl/α,β-unsaturated/α-hetero) is 1. The maximum Gasteiger partial charge on any atom is 0.299 e. The number of fused-ring (bicyclic) bond motifs is 1. The average Bonchev–Trinajstić information content (AvgIpc) is 2.59. The minimum Gasteiger partial charge on any atom is -0.349 e. The molecule has 106 valence electrons. The van der Waals surface area contributed by atoms with Gasteiger partial charge in [-0.2, -0.15) is 0 Å². The molecule has 0 bridgehead atoms. The molecule has 0 fully saturated rings. The van der Waals surface area contributed by atoms with Gasteiger partial charge in [0.25, 0.3) is 11.7 Å². The van der Waals surface area contributed by atoms with Crippen molar-refractivity contribution in [1.82, 2.24) is 4.90 Å². The molecular weight excluding hydrogens is 256 g/mol. The average molecular weight is 274 g/mol. The molecule has 2 rings (SSSR count). The third-order valence-electron chi connectivity index (χ3n) is 3.46. The Bertz CT molecular complexity index is 605. The van der Waals surface area contributed by atoms with Crippen molar-refractivity contribution in [2.45, 2.75) is 20.3 Å². The van der Waals surface area contributed by atoms with Crippen molar-refractivity contribution in [2.75, 3.05) is 25.5 Å². The smallest absolute Gasteiger partial charge is 0.299 e. The van der Waals surface area contributed by atoms with Crippen LogP contribution >= 0.6 is 0 Å². The van der Waals surface area contributed by atoms with E-state index in [1.54, 1.807) is 14.1 Å². The summed E-state index contributed by atoms with van der Waals surface area (Å²) in [5, 5.41) is 0. The van der Waals surface area contributed by atoms with E-state index in [1.807, 2.05) is 26.0 Å². The lowest BCUT2D eigenvalue weighted by Crippen LogP contribution is -2.34. The van der Waals surface area contributed by atoms with Gasteiger partial charge in [0.15, 0.2) is 0 Å². The van der Waals surface area contributed by atoms with Crippen molar-refractivity contribution in [3.05, 3.63) is 28.8 Å². The van der Waals surface area contributed by atoms with Crippen molar-refractivity contribution >= 4 is 23.3 Å². The molecule has 0 saturated heterocycles. The number of rotatable bonds is 3. The van der Waals surface area contributed by atoms with Gasteiger partial charge in [-0.1, -0.05) is 6.07 Å². The Balaban J connectivity index is 2.31. The standard InChI is InChI=1S/C15H18N2O3/c1-9-7-10(2)13-11(8-9)17(15(20)14(13)19)6-5-12(18)16(3)4/h7-8H,5-6H2,1-4H3. The maximum absolute atomic E-state index is 12.1. The van der Waals surface area contributed by atoms with Gasteiger partial charge in [0.1, 0.15) is 0 Å². The fourth-order valence-electron chi connectivity index (χ4n) is 2.45. The maximum atomic E-state index is 12.1. The zero-order chi connectivity index (χ0) is 15.0. The first-order valence-electron chi connectivity index (χ1n) is 6.50. The minimum absolute atomic E-state index is 0.0666. The molecule has 5 heteroatoms. The molecule has 1 heterocycles. The minimum atomic E-state index is -0.541. The molecule has 0 spiro atoms. The van der Waals surface area contributed by atoms with Crippen LogP contribution in [0.2, 0.25) is 0 Å². The Morgan fingerprint density at radius 3 is 2.45 bits per heavy atom. The van der Waals surface area contributed by atoms with E-state index in [-0.39, 0.29) is 18.9 Å². The Morgan fingerprint density at radius 1 is 1.20 bits per heavy atom. The summed E-state index contributed by atoms with van der Waals surface area (Å²) in [5.41, 5.74) is 2.90. The molecule has 2 amide bonds. The van der Waals surface area contributed by atoms with Crippen LogP contribution in [0.25, 0.3) is 0 Å². The number of nitrogens with zero attached hydrogens (tertiary/aromatic N) is 2. The first-order valence-corrected chi connectivity index (χ1v) is 6.50. The van der Waals surface area contributed by atoms with Crippen LogP contribution in [-0.4, -0.2) is 43.1 Å². The second kappa shape index (κ2) is 5.07. The lowest BCUT2D eigenvalue weighted by Gasteiger charge is -2.18. The van der Waals surface area contributed by atoms with Crippen LogP contribution in [0.3, 0.4) is 0 Å². The second-order valence-corrected chi connectivity index (χ2v) is 5.30. The van der Waals surface area contributed by atoms with Crippen molar-refractivity contribution < 1.29 is 14.4 Å². The molecule has 1 aliphatic rings. The van der Waals surface area contributed by atoms with E-state index in [9.17, 15) is 14.4 Å². The van der Waals surface area contributed by atoms with Crippen LogP contribution in [0.15, 0.2) is 12.1 Å². The van der Waals surface area contributed by atoms with Gasteiger partial charge >= 0.3 is 0 Å². The number of carbonyl (C=O) groups excluding carboxylic acids is 3. The number of anilines is 1. The van der Waals surface area contributed by atoms with Crippen molar-refractivity contribution in [3.8, 4) is 0 Å². The van der Waals surface area contributed by atoms with Gasteiger partial charge in [-0.05, 0) is 31.0 Å². The fraction of sp³-hybridized carbons (Fsp3) is 0.400. The van der Waals surface area contributed by atoms with E-state index in [4.69, 9.17) is 0 Å². The molecule has 0 aromatic heterocycles. The topological polar surface area (TPSA) is 57.7 Å². The summed E-state index contributed by atoms with van der Waals surface area (Å²) in [6.45, 7) is 3.98. The van der Waals surface area contributed by atoms with Gasteiger partial charge in [0.2, 0.25) is 5.91 Å². The number of aryl methyl sites for hydroxylation is 2. The van der Waals surface area contributed by atoms with Crippen LogP contribution < -0.4 is 4.90 Å². The molecule has 0 radical (unpaired) electrons. The monoisotopic (exact) mass is 274 g/mol. The first-order chi connectivity index (χ1) is 9.32. The molecule has 1 aromatic carbocycles. The zero-order valence-electron chi connectivity index (χ0n) is 12.2. The number of benzene rings is 1. The van der Waals surface area contributed by atoms with Gasteiger partial charge in [-0.25, -0.2) is 0 Å². The highest BCUT2D eigenvalue weighted by Gasteiger charge is 2.37. The van der Waals surface area contributed by atoms with Crippen LogP contribution in [0.4, 0.5) is 5.69 Å². The van der Waals surface area contributed by atoms with E-state index in [0.717, 1.165) is 11.1 Å². The lowest BCUT2D eigenvalue weighted by molar-refractivity contribution is -0.128. The summed E-state index contributed by atoms with van der Waals surface area (Å²) in [6.07, 6.45) is 0.207. The molecule has 1 aliphatic heterocycles. The number of amides is 2. The summed E-state index contributed by atoms with van der Waals surface area (Å²) < 4.78 is 0. The van der Waals surface area contributed by atoms with Crippen LogP contribution in [0.1, 0.15) is 27.9 Å². The van der Waals surface area contributed by atoms with Crippen LogP contribution in [-0.2, 0) is 9.59 Å². The highest BCUT2D eigenvalue weighted by Crippen LogP contribution is 2.32. The van der Waals surface area contributed by atoms with Gasteiger partial charge in [-0.3, -0.25) is 14.4 Å². The lowest BCUT2D eigenvalue weighted by atomic mass is 10.0. The predicted octanol–water partition coefficient (Wildman–Crippen LogP) is 1.31. The summed E-state index contributed by atoms with van der Waals surface area (Å²) >= 11 is 0. The molecule has 0 aliphatic carbocycles. The fourth-order valence-corrected chi connectivity index (χ4v) is 2.45. The Labute approximate surface area is 118 Å². The Kier molecular flexibility index (Phi) is 3.61. The van der Waals surface area contributed by atoms with E-state index in [0.29, 0.717) is 11.3 Å². The molecular formula is C15H18N2O3. The summed E-state index contributed by atoms with van der Waals surface area (Å²) in [5.74, 6) is -1.09. The molecule has 5 nitrogen and oxygen atoms in total. The van der Waals surface area contributed by atoms with Gasteiger partial charge in [0.05, 0.1) is 11.3 Å². The molecule has 1 aromatic rings. The Morgan fingerprint density at radius 2 is 1.85 bits per heavy atom. The summed E-state index contributed by atoms with van der Waals surface area (Å²) in [4.78, 5) is 38.6. The molecule has 20 heavy (non-hydrogen) atoms. The highest BCUT2D eigenvalue weighted by atomic mass is 16.2. The highest BCUT2D eigenvalue weighted by molar-refractivity contribution is 6.52. The quantitative estimate of drug-likeness (QED) is 0.781. The van der Waals surface area contributed by atoms with Crippen LogP contribution in [0, 0.1) is 13.8 Å².